The molecule has 18 heavy (non-hydrogen) atoms. The van der Waals surface area contributed by atoms with Gasteiger partial charge in [0.1, 0.15) is 17.7 Å². The van der Waals surface area contributed by atoms with E-state index in [4.69, 9.17) is 4.74 Å². The second-order valence-corrected chi connectivity index (χ2v) is 5.50. The van der Waals surface area contributed by atoms with Crippen molar-refractivity contribution in [3.8, 4) is 5.75 Å². The van der Waals surface area contributed by atoms with Gasteiger partial charge < -0.3 is 10.1 Å². The number of hydrogen-bond donors (Lipinski definition) is 1. The van der Waals surface area contributed by atoms with Crippen molar-refractivity contribution in [1.29, 1.82) is 0 Å². The van der Waals surface area contributed by atoms with Crippen LogP contribution in [0.5, 0.6) is 5.75 Å². The van der Waals surface area contributed by atoms with E-state index in [9.17, 15) is 4.39 Å². The smallest absolute Gasteiger partial charge is 0.123 e. The minimum atomic E-state index is -0.170. The van der Waals surface area contributed by atoms with Gasteiger partial charge in [-0.05, 0) is 43.5 Å². The minimum absolute atomic E-state index is 0.170. The summed E-state index contributed by atoms with van der Waals surface area (Å²) >= 11 is 0. The topological polar surface area (TPSA) is 21.3 Å². The lowest BCUT2D eigenvalue weighted by Gasteiger charge is -2.14. The van der Waals surface area contributed by atoms with Gasteiger partial charge in [0, 0.05) is 18.5 Å². The standard InChI is InChI=1S/C15H20FNO/c16-13-5-6-15-12(7-13)8-14(18-15)10-17-9-11-3-1-2-4-11/h5-7,11,14,17H,1-4,8-10H2. The lowest BCUT2D eigenvalue weighted by molar-refractivity contribution is 0.224. The zero-order chi connectivity index (χ0) is 12.4. The van der Waals surface area contributed by atoms with Gasteiger partial charge in [0.05, 0.1) is 0 Å². The Morgan fingerprint density at radius 2 is 2.06 bits per heavy atom. The highest BCUT2D eigenvalue weighted by molar-refractivity contribution is 5.37. The van der Waals surface area contributed by atoms with Gasteiger partial charge in [-0.1, -0.05) is 12.8 Å². The molecule has 3 heteroatoms. The third-order valence-electron chi connectivity index (χ3n) is 4.04. The van der Waals surface area contributed by atoms with E-state index in [0.29, 0.717) is 0 Å². The molecule has 1 aromatic rings. The predicted octanol–water partition coefficient (Wildman–Crippen LogP) is 2.91. The fourth-order valence-corrected chi connectivity index (χ4v) is 3.07. The molecule has 2 aliphatic rings. The first-order valence-electron chi connectivity index (χ1n) is 6.97. The van der Waals surface area contributed by atoms with Gasteiger partial charge in [0.25, 0.3) is 0 Å². The SMILES string of the molecule is Fc1ccc2c(c1)CC(CNCC1CCCC1)O2. The Balaban J connectivity index is 1.46. The molecule has 0 aromatic heterocycles. The van der Waals surface area contributed by atoms with E-state index in [1.54, 1.807) is 12.1 Å². The van der Waals surface area contributed by atoms with Crippen LogP contribution in [-0.2, 0) is 6.42 Å². The molecule has 0 saturated heterocycles. The highest BCUT2D eigenvalue weighted by Gasteiger charge is 2.23. The molecule has 3 rings (SSSR count). The van der Waals surface area contributed by atoms with Crippen molar-refractivity contribution in [2.24, 2.45) is 5.92 Å². The maximum Gasteiger partial charge on any atom is 0.123 e. The number of benzene rings is 1. The molecule has 1 saturated carbocycles. The third-order valence-corrected chi connectivity index (χ3v) is 4.04. The first kappa shape index (κ1) is 12.0. The summed E-state index contributed by atoms with van der Waals surface area (Å²) in [5.41, 5.74) is 1.00. The van der Waals surface area contributed by atoms with Crippen molar-refractivity contribution < 1.29 is 9.13 Å². The van der Waals surface area contributed by atoms with Gasteiger partial charge in [-0.2, -0.15) is 0 Å². The fraction of sp³-hybridized carbons (Fsp3) is 0.600. The highest BCUT2D eigenvalue weighted by Crippen LogP contribution is 2.29. The summed E-state index contributed by atoms with van der Waals surface area (Å²) in [4.78, 5) is 0. The minimum Gasteiger partial charge on any atom is -0.488 e. The number of fused-ring (bicyclic) bond motifs is 1. The fourth-order valence-electron chi connectivity index (χ4n) is 3.07. The highest BCUT2D eigenvalue weighted by atomic mass is 19.1. The Morgan fingerprint density at radius 3 is 2.89 bits per heavy atom. The van der Waals surface area contributed by atoms with Crippen LogP contribution in [0.3, 0.4) is 0 Å². The van der Waals surface area contributed by atoms with Gasteiger partial charge in [-0.3, -0.25) is 0 Å². The van der Waals surface area contributed by atoms with Crippen molar-refractivity contribution >= 4 is 0 Å². The first-order valence-corrected chi connectivity index (χ1v) is 6.97. The molecule has 2 nitrogen and oxygen atoms in total. The van der Waals surface area contributed by atoms with Crippen LogP contribution in [0.15, 0.2) is 18.2 Å². The van der Waals surface area contributed by atoms with Crippen LogP contribution < -0.4 is 10.1 Å². The number of hydrogen-bond acceptors (Lipinski definition) is 2. The second kappa shape index (κ2) is 5.27. The quantitative estimate of drug-likeness (QED) is 0.886. The van der Waals surface area contributed by atoms with Crippen molar-refractivity contribution in [2.45, 2.75) is 38.2 Å². The largest absolute Gasteiger partial charge is 0.488 e. The average molecular weight is 249 g/mol. The third kappa shape index (κ3) is 2.66. The summed E-state index contributed by atoms with van der Waals surface area (Å²) in [5.74, 6) is 1.53. The molecule has 0 bridgehead atoms. The van der Waals surface area contributed by atoms with Crippen LogP contribution in [-0.4, -0.2) is 19.2 Å². The van der Waals surface area contributed by atoms with Crippen LogP contribution in [0.1, 0.15) is 31.2 Å². The van der Waals surface area contributed by atoms with Gasteiger partial charge in [-0.25, -0.2) is 4.39 Å². The van der Waals surface area contributed by atoms with E-state index in [-0.39, 0.29) is 11.9 Å². The maximum atomic E-state index is 13.1. The van der Waals surface area contributed by atoms with Crippen LogP contribution in [0, 0.1) is 11.7 Å². The molecule has 98 valence electrons. The Morgan fingerprint density at radius 1 is 1.22 bits per heavy atom. The molecule has 0 radical (unpaired) electrons. The Labute approximate surface area is 108 Å². The van der Waals surface area contributed by atoms with Gasteiger partial charge in [0.15, 0.2) is 0 Å². The number of rotatable bonds is 4. The Bertz CT molecular complexity index is 415. The summed E-state index contributed by atoms with van der Waals surface area (Å²) in [5, 5.41) is 3.50. The van der Waals surface area contributed by atoms with Gasteiger partial charge in [-0.15, -0.1) is 0 Å². The van der Waals surface area contributed by atoms with E-state index in [0.717, 1.165) is 36.7 Å². The zero-order valence-corrected chi connectivity index (χ0v) is 10.6. The molecule has 1 aliphatic heterocycles. The van der Waals surface area contributed by atoms with Crippen LogP contribution in [0.25, 0.3) is 0 Å². The maximum absolute atomic E-state index is 13.1. The van der Waals surface area contributed by atoms with Crippen LogP contribution >= 0.6 is 0 Å². The Hall–Kier alpha value is -1.09. The number of ether oxygens (including phenoxy) is 1. The molecule has 1 atom stereocenters. The average Bonchev–Trinajstić information content (AvgIpc) is 2.97. The summed E-state index contributed by atoms with van der Waals surface area (Å²) in [6, 6.07) is 4.79. The molecule has 1 aromatic carbocycles. The van der Waals surface area contributed by atoms with Crippen LogP contribution in [0.4, 0.5) is 4.39 Å². The van der Waals surface area contributed by atoms with Gasteiger partial charge in [0.2, 0.25) is 0 Å². The molecule has 0 spiro atoms. The molecule has 1 aliphatic carbocycles. The van der Waals surface area contributed by atoms with E-state index < -0.39 is 0 Å². The van der Waals surface area contributed by atoms with Crippen molar-refractivity contribution in [3.63, 3.8) is 0 Å². The van der Waals surface area contributed by atoms with E-state index in [1.165, 1.54) is 31.7 Å². The Kier molecular flexibility index (Phi) is 3.50. The molecule has 0 amide bonds. The van der Waals surface area contributed by atoms with Crippen molar-refractivity contribution in [2.75, 3.05) is 13.1 Å². The second-order valence-electron chi connectivity index (χ2n) is 5.50. The van der Waals surface area contributed by atoms with Crippen molar-refractivity contribution in [3.05, 3.63) is 29.6 Å². The van der Waals surface area contributed by atoms with Gasteiger partial charge >= 0.3 is 0 Å². The van der Waals surface area contributed by atoms with E-state index >= 15 is 0 Å². The molecule has 1 N–H and O–H groups in total. The van der Waals surface area contributed by atoms with E-state index in [1.807, 2.05) is 0 Å². The summed E-state index contributed by atoms with van der Waals surface area (Å²) in [6.45, 7) is 1.97. The monoisotopic (exact) mass is 249 g/mol. The zero-order valence-electron chi connectivity index (χ0n) is 10.6. The number of nitrogens with one attached hydrogen (secondary N) is 1. The lowest BCUT2D eigenvalue weighted by atomic mass is 10.1. The molecule has 1 unspecified atom stereocenters. The molecule has 1 fully saturated rings. The first-order chi connectivity index (χ1) is 8.81. The molecular formula is C15H20FNO. The van der Waals surface area contributed by atoms with Crippen molar-refractivity contribution in [1.82, 2.24) is 5.32 Å². The summed E-state index contributed by atoms with van der Waals surface area (Å²) in [6.07, 6.45) is 6.50. The lowest BCUT2D eigenvalue weighted by Crippen LogP contribution is -2.32. The van der Waals surface area contributed by atoms with E-state index in [2.05, 4.69) is 5.32 Å². The van der Waals surface area contributed by atoms with Crippen LogP contribution in [0.2, 0.25) is 0 Å². The predicted molar refractivity (Wildman–Crippen MR) is 69.3 cm³/mol. The summed E-state index contributed by atoms with van der Waals surface area (Å²) < 4.78 is 18.9. The normalized spacial score (nSPS) is 23.1. The summed E-state index contributed by atoms with van der Waals surface area (Å²) in [7, 11) is 0. The molecular weight excluding hydrogens is 229 g/mol. The molecule has 1 heterocycles. The number of halogens is 1.